The number of carbonyl (C=O) groups is 1. The van der Waals surface area contributed by atoms with E-state index in [1.54, 1.807) is 12.1 Å². The lowest BCUT2D eigenvalue weighted by molar-refractivity contribution is -0.384. The Bertz CT molecular complexity index is 469. The number of aliphatic hydroxyl groups is 1. The van der Waals surface area contributed by atoms with Gasteiger partial charge in [0.05, 0.1) is 17.4 Å². The molecule has 0 radical (unpaired) electrons. The third kappa shape index (κ3) is 3.04. The highest BCUT2D eigenvalue weighted by Crippen LogP contribution is 2.19. The Hall–Kier alpha value is -1.95. The van der Waals surface area contributed by atoms with Gasteiger partial charge in [-0.2, -0.15) is 0 Å². The molecular formula is C12H14N2O4. The molecule has 0 aromatic heterocycles. The second-order valence-corrected chi connectivity index (χ2v) is 4.49. The lowest BCUT2D eigenvalue weighted by atomic mass is 9.89. The van der Waals surface area contributed by atoms with Crippen molar-refractivity contribution in [2.24, 2.45) is 0 Å². The number of benzene rings is 1. The lowest BCUT2D eigenvalue weighted by Gasteiger charge is -2.31. The zero-order valence-electron chi connectivity index (χ0n) is 9.70. The van der Waals surface area contributed by atoms with E-state index < -0.39 is 4.92 Å². The molecule has 96 valence electrons. The van der Waals surface area contributed by atoms with Crippen LogP contribution in [0.1, 0.15) is 18.4 Å². The summed E-state index contributed by atoms with van der Waals surface area (Å²) < 4.78 is 0. The molecule has 1 aliphatic carbocycles. The first kappa shape index (κ1) is 12.5. The van der Waals surface area contributed by atoms with Crippen molar-refractivity contribution >= 4 is 11.6 Å². The summed E-state index contributed by atoms with van der Waals surface area (Å²) in [5.41, 5.74) is 0.598. The summed E-state index contributed by atoms with van der Waals surface area (Å²) in [7, 11) is 0. The Morgan fingerprint density at radius 1 is 1.50 bits per heavy atom. The van der Waals surface area contributed by atoms with E-state index in [0.29, 0.717) is 18.4 Å². The van der Waals surface area contributed by atoms with Gasteiger partial charge in [-0.05, 0) is 18.4 Å². The Kier molecular flexibility index (Phi) is 3.57. The molecule has 6 heteroatoms. The Labute approximate surface area is 104 Å². The third-order valence-corrected chi connectivity index (χ3v) is 2.96. The van der Waals surface area contributed by atoms with Crippen LogP contribution in [0.25, 0.3) is 0 Å². The summed E-state index contributed by atoms with van der Waals surface area (Å²) in [5.74, 6) is -0.174. The van der Waals surface area contributed by atoms with E-state index in [9.17, 15) is 14.9 Å². The van der Waals surface area contributed by atoms with Crippen LogP contribution >= 0.6 is 0 Å². The first-order valence-electron chi connectivity index (χ1n) is 5.75. The van der Waals surface area contributed by atoms with Gasteiger partial charge in [-0.1, -0.05) is 12.1 Å². The molecule has 18 heavy (non-hydrogen) atoms. The van der Waals surface area contributed by atoms with Crippen LogP contribution in [0.15, 0.2) is 24.3 Å². The van der Waals surface area contributed by atoms with E-state index in [4.69, 9.17) is 5.11 Å². The molecule has 0 unspecified atom stereocenters. The van der Waals surface area contributed by atoms with Crippen LogP contribution in [0.3, 0.4) is 0 Å². The van der Waals surface area contributed by atoms with Crippen molar-refractivity contribution in [1.29, 1.82) is 0 Å². The fraction of sp³-hybridized carbons (Fsp3) is 0.417. The van der Waals surface area contributed by atoms with Crippen molar-refractivity contribution in [2.45, 2.75) is 31.4 Å². The average Bonchev–Trinajstić information content (AvgIpc) is 2.27. The van der Waals surface area contributed by atoms with Gasteiger partial charge < -0.3 is 10.4 Å². The van der Waals surface area contributed by atoms with Crippen molar-refractivity contribution in [3.05, 3.63) is 39.9 Å². The van der Waals surface area contributed by atoms with Gasteiger partial charge in [0.15, 0.2) is 0 Å². The molecule has 2 rings (SSSR count). The maximum absolute atomic E-state index is 11.6. The fourth-order valence-electron chi connectivity index (χ4n) is 1.95. The molecule has 6 nitrogen and oxygen atoms in total. The molecular weight excluding hydrogens is 236 g/mol. The van der Waals surface area contributed by atoms with Crippen molar-refractivity contribution in [1.82, 2.24) is 5.32 Å². The van der Waals surface area contributed by atoms with Gasteiger partial charge in [-0.25, -0.2) is 0 Å². The van der Waals surface area contributed by atoms with Gasteiger partial charge in [-0.3, -0.25) is 14.9 Å². The van der Waals surface area contributed by atoms with Gasteiger partial charge in [-0.15, -0.1) is 0 Å². The smallest absolute Gasteiger partial charge is 0.269 e. The van der Waals surface area contributed by atoms with E-state index in [1.165, 1.54) is 12.1 Å². The first-order chi connectivity index (χ1) is 8.54. The zero-order valence-corrected chi connectivity index (χ0v) is 9.70. The van der Waals surface area contributed by atoms with E-state index in [-0.39, 0.29) is 30.2 Å². The molecule has 0 atom stereocenters. The van der Waals surface area contributed by atoms with Crippen molar-refractivity contribution in [3.8, 4) is 0 Å². The molecule has 1 saturated carbocycles. The van der Waals surface area contributed by atoms with Crippen molar-refractivity contribution in [2.75, 3.05) is 0 Å². The zero-order chi connectivity index (χ0) is 13.1. The van der Waals surface area contributed by atoms with Crippen LogP contribution < -0.4 is 5.32 Å². The highest BCUT2D eigenvalue weighted by molar-refractivity contribution is 5.79. The summed E-state index contributed by atoms with van der Waals surface area (Å²) in [5, 5.41) is 22.5. The molecule has 2 N–H and O–H groups in total. The number of rotatable bonds is 4. The first-order valence-corrected chi connectivity index (χ1v) is 5.75. The summed E-state index contributed by atoms with van der Waals surface area (Å²) >= 11 is 0. The molecule has 0 saturated heterocycles. The predicted molar refractivity (Wildman–Crippen MR) is 64.0 cm³/mol. The molecule has 0 heterocycles. The average molecular weight is 250 g/mol. The highest BCUT2D eigenvalue weighted by Gasteiger charge is 2.28. The summed E-state index contributed by atoms with van der Waals surface area (Å²) in [6.45, 7) is 0. The van der Waals surface area contributed by atoms with E-state index in [1.807, 2.05) is 0 Å². The second kappa shape index (κ2) is 5.14. The number of nitro benzene ring substituents is 1. The maximum Gasteiger partial charge on any atom is 0.269 e. The number of non-ortho nitro benzene ring substituents is 1. The number of nitro groups is 1. The Morgan fingerprint density at radius 3 is 2.83 bits per heavy atom. The van der Waals surface area contributed by atoms with Crippen LogP contribution in [0.5, 0.6) is 0 Å². The minimum absolute atomic E-state index is 0.0145. The molecule has 1 aromatic carbocycles. The number of hydrogen-bond acceptors (Lipinski definition) is 4. The quantitative estimate of drug-likeness (QED) is 0.610. The molecule has 1 aromatic rings. The molecule has 0 aliphatic heterocycles. The molecule has 0 bridgehead atoms. The fourth-order valence-corrected chi connectivity index (χ4v) is 1.95. The molecule has 1 fully saturated rings. The number of nitrogens with zero attached hydrogens (tertiary/aromatic N) is 1. The van der Waals surface area contributed by atoms with Gasteiger partial charge in [0.1, 0.15) is 0 Å². The summed E-state index contributed by atoms with van der Waals surface area (Å²) in [6, 6.07) is 6.07. The monoisotopic (exact) mass is 250 g/mol. The van der Waals surface area contributed by atoms with Gasteiger partial charge in [0.25, 0.3) is 5.69 Å². The van der Waals surface area contributed by atoms with Crippen LogP contribution in [-0.2, 0) is 11.2 Å². The van der Waals surface area contributed by atoms with Crippen LogP contribution in [0, 0.1) is 10.1 Å². The Balaban J connectivity index is 1.90. The number of amides is 1. The third-order valence-electron chi connectivity index (χ3n) is 2.96. The minimum atomic E-state index is -0.482. The number of carbonyl (C=O) groups excluding carboxylic acids is 1. The lowest BCUT2D eigenvalue weighted by Crippen LogP contribution is -2.47. The number of hydrogen-bond donors (Lipinski definition) is 2. The van der Waals surface area contributed by atoms with E-state index >= 15 is 0 Å². The molecule has 0 spiro atoms. The number of nitrogens with one attached hydrogen (secondary N) is 1. The Morgan fingerprint density at radius 2 is 2.22 bits per heavy atom. The SMILES string of the molecule is O=C(Cc1cccc([N+](=O)[O-])c1)NC1CC(O)C1. The normalized spacial score (nSPS) is 22.1. The molecule has 1 aliphatic rings. The van der Waals surface area contributed by atoms with Crippen molar-refractivity contribution < 1.29 is 14.8 Å². The minimum Gasteiger partial charge on any atom is -0.393 e. The van der Waals surface area contributed by atoms with E-state index in [0.717, 1.165) is 0 Å². The largest absolute Gasteiger partial charge is 0.393 e. The number of aliphatic hydroxyl groups excluding tert-OH is 1. The predicted octanol–water partition coefficient (Wildman–Crippen LogP) is 0.777. The maximum atomic E-state index is 11.6. The van der Waals surface area contributed by atoms with Crippen LogP contribution in [0.2, 0.25) is 0 Å². The summed E-state index contributed by atoms with van der Waals surface area (Å²) in [6.07, 6.45) is 0.975. The van der Waals surface area contributed by atoms with Gasteiger partial charge in [0, 0.05) is 18.2 Å². The van der Waals surface area contributed by atoms with E-state index in [2.05, 4.69) is 5.32 Å². The van der Waals surface area contributed by atoms with Crippen molar-refractivity contribution in [3.63, 3.8) is 0 Å². The van der Waals surface area contributed by atoms with Crippen LogP contribution in [0.4, 0.5) is 5.69 Å². The van der Waals surface area contributed by atoms with Gasteiger partial charge >= 0.3 is 0 Å². The summed E-state index contributed by atoms with van der Waals surface area (Å²) in [4.78, 5) is 21.7. The topological polar surface area (TPSA) is 92.5 Å². The standard InChI is InChI=1S/C12H14N2O4/c15-11-6-9(7-11)13-12(16)5-8-2-1-3-10(4-8)14(17)18/h1-4,9,11,15H,5-7H2,(H,13,16). The second-order valence-electron chi connectivity index (χ2n) is 4.49. The van der Waals surface area contributed by atoms with Crippen LogP contribution in [-0.4, -0.2) is 28.1 Å². The highest BCUT2D eigenvalue weighted by atomic mass is 16.6. The van der Waals surface area contributed by atoms with Gasteiger partial charge in [0.2, 0.25) is 5.91 Å². The molecule has 1 amide bonds.